The van der Waals surface area contributed by atoms with Crippen LogP contribution in [0.3, 0.4) is 0 Å². The van der Waals surface area contributed by atoms with Gasteiger partial charge in [-0.1, -0.05) is 11.2 Å². The predicted octanol–water partition coefficient (Wildman–Crippen LogP) is 4.44. The minimum absolute atomic E-state index is 0.0502. The summed E-state index contributed by atoms with van der Waals surface area (Å²) in [6.07, 6.45) is -0.793. The van der Waals surface area contributed by atoms with Crippen LogP contribution in [0.25, 0.3) is 22.2 Å². The number of halogens is 3. The van der Waals surface area contributed by atoms with E-state index in [4.69, 9.17) is 9.26 Å². The topological polar surface area (TPSA) is 67.5 Å². The van der Waals surface area contributed by atoms with Crippen LogP contribution in [0.15, 0.2) is 65.2 Å². The summed E-state index contributed by atoms with van der Waals surface area (Å²) in [5, 5.41) is 17.6. The first kappa shape index (κ1) is 20.9. The average molecular weight is 428 g/mol. The van der Waals surface area contributed by atoms with Crippen molar-refractivity contribution >= 4 is 10.9 Å². The van der Waals surface area contributed by atoms with Crippen molar-refractivity contribution in [3.05, 3.63) is 83.7 Å². The number of aromatic nitrogens is 1. The van der Waals surface area contributed by atoms with E-state index in [-0.39, 0.29) is 25.5 Å². The third-order valence-electron chi connectivity index (χ3n) is 4.69. The fourth-order valence-corrected chi connectivity index (χ4v) is 3.11. The molecule has 0 bridgehead atoms. The Balaban J connectivity index is 1.28. The Kier molecular flexibility index (Phi) is 6.20. The molecule has 0 spiro atoms. The number of nitrogens with one attached hydrogen (secondary N) is 1. The molecule has 4 aromatic rings. The summed E-state index contributed by atoms with van der Waals surface area (Å²) in [5.74, 6) is -1.10. The van der Waals surface area contributed by atoms with Gasteiger partial charge in [0.15, 0.2) is 17.4 Å². The monoisotopic (exact) mass is 428 g/mol. The fourth-order valence-electron chi connectivity index (χ4n) is 3.11. The van der Waals surface area contributed by atoms with Crippen molar-refractivity contribution in [2.45, 2.75) is 12.6 Å². The molecule has 0 saturated heterocycles. The van der Waals surface area contributed by atoms with Crippen LogP contribution in [0, 0.1) is 17.5 Å². The van der Waals surface area contributed by atoms with E-state index in [0.29, 0.717) is 28.0 Å². The van der Waals surface area contributed by atoms with Gasteiger partial charge in [-0.05, 0) is 54.1 Å². The SMILES string of the molecule is O[C@H](CNCc1ccc(F)c(F)c1)COc1ccc(-c2onc3cc(F)ccc23)cc1. The molecule has 0 amide bonds. The first-order valence-electron chi connectivity index (χ1n) is 9.60. The highest BCUT2D eigenvalue weighted by Gasteiger charge is 2.12. The van der Waals surface area contributed by atoms with Gasteiger partial charge in [-0.3, -0.25) is 0 Å². The number of rotatable bonds is 8. The zero-order chi connectivity index (χ0) is 21.8. The lowest BCUT2D eigenvalue weighted by atomic mass is 10.1. The number of fused-ring (bicyclic) bond motifs is 1. The Bertz CT molecular complexity index is 1180. The van der Waals surface area contributed by atoms with Crippen LogP contribution >= 0.6 is 0 Å². The van der Waals surface area contributed by atoms with Crippen molar-refractivity contribution in [3.63, 3.8) is 0 Å². The molecule has 3 aromatic carbocycles. The lowest BCUT2D eigenvalue weighted by Crippen LogP contribution is -2.31. The van der Waals surface area contributed by atoms with Crippen LogP contribution in [0.2, 0.25) is 0 Å². The average Bonchev–Trinajstić information content (AvgIpc) is 3.18. The van der Waals surface area contributed by atoms with Gasteiger partial charge in [-0.15, -0.1) is 0 Å². The Hall–Kier alpha value is -3.36. The van der Waals surface area contributed by atoms with Gasteiger partial charge in [0, 0.05) is 30.1 Å². The number of hydrogen-bond donors (Lipinski definition) is 2. The molecule has 1 atom stereocenters. The zero-order valence-electron chi connectivity index (χ0n) is 16.3. The first-order valence-corrected chi connectivity index (χ1v) is 9.60. The second-order valence-electron chi connectivity index (χ2n) is 7.04. The molecule has 0 unspecified atom stereocenters. The fraction of sp³-hybridized carbons (Fsp3) is 0.174. The molecule has 1 heterocycles. The summed E-state index contributed by atoms with van der Waals surface area (Å²) < 4.78 is 50.3. The second-order valence-corrected chi connectivity index (χ2v) is 7.04. The van der Waals surface area contributed by atoms with Crippen molar-refractivity contribution < 1.29 is 27.5 Å². The summed E-state index contributed by atoms with van der Waals surface area (Å²) in [6.45, 7) is 0.560. The van der Waals surface area contributed by atoms with Crippen molar-refractivity contribution in [1.82, 2.24) is 10.5 Å². The largest absolute Gasteiger partial charge is 0.491 e. The third-order valence-corrected chi connectivity index (χ3v) is 4.69. The number of aliphatic hydroxyl groups is 1. The number of hydrogen-bond acceptors (Lipinski definition) is 5. The standard InChI is InChI=1S/C23H19F3N2O3/c24-16-4-7-19-22(10-16)28-31-23(19)15-2-5-18(6-3-15)30-13-17(29)12-27-11-14-1-8-20(25)21(26)9-14/h1-10,17,27,29H,11-13H2/t17-/m1/s1. The smallest absolute Gasteiger partial charge is 0.174 e. The maximum atomic E-state index is 13.3. The Labute approximate surface area is 176 Å². The van der Waals surface area contributed by atoms with Gasteiger partial charge in [-0.2, -0.15) is 0 Å². The van der Waals surface area contributed by atoms with Crippen LogP contribution in [0.4, 0.5) is 13.2 Å². The molecule has 1 aromatic heterocycles. The van der Waals surface area contributed by atoms with Crippen molar-refractivity contribution in [2.75, 3.05) is 13.2 Å². The first-order chi connectivity index (χ1) is 15.0. The van der Waals surface area contributed by atoms with E-state index in [1.54, 1.807) is 30.3 Å². The van der Waals surface area contributed by atoms with Crippen LogP contribution in [-0.4, -0.2) is 29.5 Å². The van der Waals surface area contributed by atoms with Crippen LogP contribution in [0.1, 0.15) is 5.56 Å². The van der Waals surface area contributed by atoms with Crippen LogP contribution < -0.4 is 10.1 Å². The molecule has 8 heteroatoms. The van der Waals surface area contributed by atoms with E-state index in [0.717, 1.165) is 17.7 Å². The van der Waals surface area contributed by atoms with Crippen LogP contribution in [0.5, 0.6) is 5.75 Å². The van der Waals surface area contributed by atoms with Gasteiger partial charge >= 0.3 is 0 Å². The maximum absolute atomic E-state index is 13.3. The minimum atomic E-state index is -0.905. The van der Waals surface area contributed by atoms with Crippen molar-refractivity contribution in [2.24, 2.45) is 0 Å². The molecule has 4 rings (SSSR count). The molecule has 2 N–H and O–H groups in total. The Morgan fingerprint density at radius 1 is 0.968 bits per heavy atom. The molecule has 0 fully saturated rings. The second kappa shape index (κ2) is 9.20. The number of aliphatic hydroxyl groups excluding tert-OH is 1. The molecule has 31 heavy (non-hydrogen) atoms. The van der Waals surface area contributed by atoms with Gasteiger partial charge in [0.05, 0.1) is 0 Å². The van der Waals surface area contributed by atoms with Crippen LogP contribution in [-0.2, 0) is 6.54 Å². The molecule has 0 aliphatic heterocycles. The molecule has 0 saturated carbocycles. The van der Waals surface area contributed by atoms with E-state index < -0.39 is 17.7 Å². The molecule has 160 valence electrons. The molecule has 0 aliphatic carbocycles. The lowest BCUT2D eigenvalue weighted by Gasteiger charge is -2.13. The van der Waals surface area contributed by atoms with E-state index >= 15 is 0 Å². The van der Waals surface area contributed by atoms with Gasteiger partial charge in [0.2, 0.25) is 0 Å². The summed E-state index contributed by atoms with van der Waals surface area (Å²) in [4.78, 5) is 0. The summed E-state index contributed by atoms with van der Waals surface area (Å²) in [7, 11) is 0. The number of ether oxygens (including phenoxy) is 1. The highest BCUT2D eigenvalue weighted by atomic mass is 19.2. The summed E-state index contributed by atoms with van der Waals surface area (Å²) in [6, 6.07) is 15.0. The molecular formula is C23H19F3N2O3. The summed E-state index contributed by atoms with van der Waals surface area (Å²) >= 11 is 0. The van der Waals surface area contributed by atoms with Gasteiger partial charge in [-0.25, -0.2) is 13.2 Å². The Morgan fingerprint density at radius 3 is 2.55 bits per heavy atom. The van der Waals surface area contributed by atoms with E-state index in [1.165, 1.54) is 18.2 Å². The zero-order valence-corrected chi connectivity index (χ0v) is 16.3. The highest BCUT2D eigenvalue weighted by molar-refractivity contribution is 5.91. The lowest BCUT2D eigenvalue weighted by molar-refractivity contribution is 0.106. The number of nitrogens with zero attached hydrogens (tertiary/aromatic N) is 1. The molecule has 0 aliphatic rings. The predicted molar refractivity (Wildman–Crippen MR) is 109 cm³/mol. The molecule has 0 radical (unpaired) electrons. The van der Waals surface area contributed by atoms with E-state index in [9.17, 15) is 18.3 Å². The van der Waals surface area contributed by atoms with E-state index in [1.807, 2.05) is 0 Å². The summed E-state index contributed by atoms with van der Waals surface area (Å²) in [5.41, 5.74) is 1.77. The normalized spacial score (nSPS) is 12.3. The molecule has 5 nitrogen and oxygen atoms in total. The third kappa shape index (κ3) is 5.04. The minimum Gasteiger partial charge on any atom is -0.491 e. The van der Waals surface area contributed by atoms with Crippen molar-refractivity contribution in [1.29, 1.82) is 0 Å². The maximum Gasteiger partial charge on any atom is 0.174 e. The van der Waals surface area contributed by atoms with Gasteiger partial charge < -0.3 is 19.7 Å². The van der Waals surface area contributed by atoms with E-state index in [2.05, 4.69) is 10.5 Å². The highest BCUT2D eigenvalue weighted by Crippen LogP contribution is 2.30. The quantitative estimate of drug-likeness (QED) is 0.434. The number of benzene rings is 3. The van der Waals surface area contributed by atoms with Crippen molar-refractivity contribution in [3.8, 4) is 17.1 Å². The van der Waals surface area contributed by atoms with Gasteiger partial charge in [0.25, 0.3) is 0 Å². The Morgan fingerprint density at radius 2 is 1.77 bits per heavy atom. The molecular weight excluding hydrogens is 409 g/mol. The van der Waals surface area contributed by atoms with Gasteiger partial charge in [0.1, 0.15) is 29.8 Å².